The van der Waals surface area contributed by atoms with Crippen LogP contribution in [-0.4, -0.2) is 43.0 Å². The molecule has 9 heteroatoms. The summed E-state index contributed by atoms with van der Waals surface area (Å²) in [6, 6.07) is 5.64. The van der Waals surface area contributed by atoms with Crippen LogP contribution in [0.3, 0.4) is 0 Å². The molecule has 26 heavy (non-hydrogen) atoms. The SMILES string of the molecule is Cl.O=C(CCC1NC(=O)N(c2ccc(Cl)cc2)C1=O)NCC1CCCN1. The molecule has 0 bridgehead atoms. The van der Waals surface area contributed by atoms with Gasteiger partial charge >= 0.3 is 6.03 Å². The normalized spacial score (nSPS) is 22.1. The maximum Gasteiger partial charge on any atom is 0.329 e. The van der Waals surface area contributed by atoms with E-state index in [0.29, 0.717) is 23.3 Å². The van der Waals surface area contributed by atoms with Crippen molar-refractivity contribution in [1.29, 1.82) is 0 Å². The van der Waals surface area contributed by atoms with Crippen LogP contribution in [-0.2, 0) is 9.59 Å². The third kappa shape index (κ3) is 4.87. The van der Waals surface area contributed by atoms with Gasteiger partial charge in [0.25, 0.3) is 5.91 Å². The van der Waals surface area contributed by atoms with E-state index in [0.717, 1.165) is 24.3 Å². The summed E-state index contributed by atoms with van der Waals surface area (Å²) in [4.78, 5) is 37.6. The first-order chi connectivity index (χ1) is 12.0. The van der Waals surface area contributed by atoms with E-state index in [4.69, 9.17) is 11.6 Å². The predicted octanol–water partition coefficient (Wildman–Crippen LogP) is 1.83. The third-order valence-corrected chi connectivity index (χ3v) is 4.72. The average Bonchev–Trinajstić information content (AvgIpc) is 3.20. The van der Waals surface area contributed by atoms with Crippen LogP contribution in [0, 0.1) is 0 Å². The molecular formula is C17H22Cl2N4O3. The highest BCUT2D eigenvalue weighted by atomic mass is 35.5. The Balaban J connectivity index is 0.00000243. The molecule has 2 aliphatic rings. The number of hydrogen-bond donors (Lipinski definition) is 3. The molecular weight excluding hydrogens is 379 g/mol. The van der Waals surface area contributed by atoms with E-state index in [-0.39, 0.29) is 37.1 Å². The lowest BCUT2D eigenvalue weighted by Crippen LogP contribution is -2.38. The molecule has 3 N–H and O–H groups in total. The van der Waals surface area contributed by atoms with E-state index in [2.05, 4.69) is 16.0 Å². The fourth-order valence-electron chi connectivity index (χ4n) is 3.09. The Hall–Kier alpha value is -1.83. The Bertz CT molecular complexity index is 662. The van der Waals surface area contributed by atoms with Crippen LogP contribution < -0.4 is 20.9 Å². The van der Waals surface area contributed by atoms with Crippen molar-refractivity contribution in [2.45, 2.75) is 37.8 Å². The molecule has 0 spiro atoms. The monoisotopic (exact) mass is 400 g/mol. The molecule has 0 aromatic heterocycles. The number of halogens is 2. The van der Waals surface area contributed by atoms with Gasteiger partial charge < -0.3 is 16.0 Å². The average molecular weight is 401 g/mol. The van der Waals surface area contributed by atoms with Crippen molar-refractivity contribution in [3.63, 3.8) is 0 Å². The molecule has 2 heterocycles. The Kier molecular flexibility index (Phi) is 7.25. The molecule has 0 aliphatic carbocycles. The van der Waals surface area contributed by atoms with Crippen LogP contribution in [0.15, 0.2) is 24.3 Å². The van der Waals surface area contributed by atoms with Crippen LogP contribution in [0.2, 0.25) is 5.02 Å². The molecule has 1 aromatic rings. The number of carbonyl (C=O) groups excluding carboxylic acids is 3. The fraction of sp³-hybridized carbons (Fsp3) is 0.471. The van der Waals surface area contributed by atoms with E-state index in [1.54, 1.807) is 24.3 Å². The molecule has 2 fully saturated rings. The quantitative estimate of drug-likeness (QED) is 0.635. The lowest BCUT2D eigenvalue weighted by molar-refractivity contribution is -0.121. The molecule has 0 radical (unpaired) electrons. The van der Waals surface area contributed by atoms with Crippen molar-refractivity contribution in [2.75, 3.05) is 18.0 Å². The second-order valence-corrected chi connectivity index (χ2v) is 6.72. The van der Waals surface area contributed by atoms with Gasteiger partial charge in [-0.05, 0) is 50.1 Å². The Morgan fingerprint density at radius 1 is 1.27 bits per heavy atom. The highest BCUT2D eigenvalue weighted by Crippen LogP contribution is 2.23. The number of anilines is 1. The number of rotatable bonds is 6. The number of amides is 4. The van der Waals surface area contributed by atoms with E-state index >= 15 is 0 Å². The zero-order valence-electron chi connectivity index (χ0n) is 14.2. The summed E-state index contributed by atoms with van der Waals surface area (Å²) in [7, 11) is 0. The number of nitrogens with one attached hydrogen (secondary N) is 3. The summed E-state index contributed by atoms with van der Waals surface area (Å²) in [5, 5.41) is 9.34. The first kappa shape index (κ1) is 20.5. The lowest BCUT2D eigenvalue weighted by atomic mass is 10.1. The molecule has 142 valence electrons. The van der Waals surface area contributed by atoms with Gasteiger partial charge in [-0.15, -0.1) is 12.4 Å². The van der Waals surface area contributed by atoms with Crippen LogP contribution in [0.1, 0.15) is 25.7 Å². The molecule has 2 aliphatic heterocycles. The zero-order chi connectivity index (χ0) is 17.8. The molecule has 7 nitrogen and oxygen atoms in total. The number of carbonyl (C=O) groups is 3. The Morgan fingerprint density at radius 3 is 2.65 bits per heavy atom. The van der Waals surface area contributed by atoms with Gasteiger partial charge in [-0.2, -0.15) is 0 Å². The van der Waals surface area contributed by atoms with Crippen LogP contribution >= 0.6 is 24.0 Å². The van der Waals surface area contributed by atoms with Crippen molar-refractivity contribution in [1.82, 2.24) is 16.0 Å². The topological polar surface area (TPSA) is 90.5 Å². The maximum atomic E-state index is 12.4. The van der Waals surface area contributed by atoms with Gasteiger partial charge in [-0.25, -0.2) is 9.69 Å². The second-order valence-electron chi connectivity index (χ2n) is 6.29. The number of hydrogen-bond acceptors (Lipinski definition) is 4. The molecule has 1 aromatic carbocycles. The fourth-order valence-corrected chi connectivity index (χ4v) is 3.22. The molecule has 3 rings (SSSR count). The summed E-state index contributed by atoms with van der Waals surface area (Å²) < 4.78 is 0. The van der Waals surface area contributed by atoms with Gasteiger partial charge in [0, 0.05) is 24.0 Å². The maximum absolute atomic E-state index is 12.4. The minimum absolute atomic E-state index is 0. The predicted molar refractivity (Wildman–Crippen MR) is 102 cm³/mol. The minimum atomic E-state index is -0.682. The second kappa shape index (κ2) is 9.21. The Morgan fingerprint density at radius 2 is 2.00 bits per heavy atom. The van der Waals surface area contributed by atoms with Gasteiger partial charge in [0.15, 0.2) is 0 Å². The highest BCUT2D eigenvalue weighted by Gasteiger charge is 2.38. The van der Waals surface area contributed by atoms with Crippen LogP contribution in [0.5, 0.6) is 0 Å². The molecule has 0 saturated carbocycles. The Labute approximate surface area is 163 Å². The first-order valence-electron chi connectivity index (χ1n) is 8.44. The molecule has 2 saturated heterocycles. The smallest absolute Gasteiger partial charge is 0.329 e. The van der Waals surface area contributed by atoms with Crippen molar-refractivity contribution in [3.05, 3.63) is 29.3 Å². The summed E-state index contributed by atoms with van der Waals surface area (Å²) in [5.74, 6) is -0.460. The van der Waals surface area contributed by atoms with Gasteiger partial charge in [0.05, 0.1) is 5.69 Å². The van der Waals surface area contributed by atoms with Crippen molar-refractivity contribution in [2.24, 2.45) is 0 Å². The molecule has 2 atom stereocenters. The van der Waals surface area contributed by atoms with Crippen LogP contribution in [0.4, 0.5) is 10.5 Å². The summed E-state index contributed by atoms with van der Waals surface area (Å²) >= 11 is 5.83. The van der Waals surface area contributed by atoms with Gasteiger partial charge in [0.1, 0.15) is 6.04 Å². The summed E-state index contributed by atoms with van der Waals surface area (Å²) in [6.45, 7) is 1.59. The van der Waals surface area contributed by atoms with Gasteiger partial charge in [-0.1, -0.05) is 11.6 Å². The first-order valence-corrected chi connectivity index (χ1v) is 8.82. The van der Waals surface area contributed by atoms with Crippen molar-refractivity contribution < 1.29 is 14.4 Å². The molecule has 2 unspecified atom stereocenters. The van der Waals surface area contributed by atoms with E-state index < -0.39 is 12.1 Å². The third-order valence-electron chi connectivity index (χ3n) is 4.47. The van der Waals surface area contributed by atoms with Gasteiger partial charge in [-0.3, -0.25) is 9.59 Å². The van der Waals surface area contributed by atoms with Crippen molar-refractivity contribution >= 4 is 47.5 Å². The largest absolute Gasteiger partial charge is 0.355 e. The highest BCUT2D eigenvalue weighted by molar-refractivity contribution is 6.30. The molecule has 4 amide bonds. The summed E-state index contributed by atoms with van der Waals surface area (Å²) in [6.07, 6.45) is 2.66. The van der Waals surface area contributed by atoms with E-state index in [1.165, 1.54) is 0 Å². The number of benzene rings is 1. The minimum Gasteiger partial charge on any atom is -0.355 e. The van der Waals surface area contributed by atoms with E-state index in [9.17, 15) is 14.4 Å². The van der Waals surface area contributed by atoms with Gasteiger partial charge in [0.2, 0.25) is 5.91 Å². The lowest BCUT2D eigenvalue weighted by Gasteiger charge is -2.13. The number of imide groups is 1. The number of urea groups is 1. The van der Waals surface area contributed by atoms with Crippen molar-refractivity contribution in [3.8, 4) is 0 Å². The van der Waals surface area contributed by atoms with Crippen LogP contribution in [0.25, 0.3) is 0 Å². The van der Waals surface area contributed by atoms with E-state index in [1.807, 2.05) is 0 Å². The number of nitrogens with zero attached hydrogens (tertiary/aromatic N) is 1. The summed E-state index contributed by atoms with van der Waals surface area (Å²) in [5.41, 5.74) is 0.464. The zero-order valence-corrected chi connectivity index (χ0v) is 15.7. The standard InChI is InChI=1S/C17H21ClN4O3.ClH/c18-11-3-5-13(6-4-11)22-16(24)14(21-17(22)25)7-8-15(23)20-10-12-2-1-9-19-12;/h3-6,12,14,19H,1-2,7-10H2,(H,20,23)(H,21,25);1H.